The summed E-state index contributed by atoms with van der Waals surface area (Å²) in [7, 11) is 0. The fraction of sp³-hybridized carbons (Fsp3) is 0.111. The average molecular weight is 179 g/mol. The van der Waals surface area contributed by atoms with E-state index < -0.39 is 10.7 Å². The topological polar surface area (TPSA) is 43.1 Å². The third-order valence-electron chi connectivity index (χ3n) is 1.57. The molecule has 0 radical (unpaired) electrons. The second kappa shape index (κ2) is 3.68. The van der Waals surface area contributed by atoms with Crippen LogP contribution in [0, 0.1) is 28.3 Å². The monoisotopic (exact) mass is 179 g/mol. The summed E-state index contributed by atoms with van der Waals surface area (Å²) in [6.07, 6.45) is 4.89. The smallest absolute Gasteiger partial charge is 0.258 e. The molecule has 0 aliphatic carbocycles. The molecular formula is C9H6FNO2. The molecule has 0 saturated heterocycles. The van der Waals surface area contributed by atoms with Gasteiger partial charge in [0.2, 0.25) is 0 Å². The van der Waals surface area contributed by atoms with Gasteiger partial charge < -0.3 is 0 Å². The van der Waals surface area contributed by atoms with E-state index in [0.717, 1.165) is 6.07 Å². The number of nitrogens with zero attached hydrogens (tertiary/aromatic N) is 1. The van der Waals surface area contributed by atoms with Crippen molar-refractivity contribution in [1.82, 2.24) is 0 Å². The van der Waals surface area contributed by atoms with Gasteiger partial charge in [-0.05, 0) is 6.07 Å². The molecule has 13 heavy (non-hydrogen) atoms. The zero-order valence-corrected chi connectivity index (χ0v) is 6.66. The van der Waals surface area contributed by atoms with Gasteiger partial charge in [0.05, 0.1) is 10.5 Å². The number of benzene rings is 1. The second-order valence-corrected chi connectivity index (χ2v) is 2.38. The summed E-state index contributed by atoms with van der Waals surface area (Å²) in [5.41, 5.74) is -0.298. The molecule has 3 nitrogen and oxygen atoms in total. The van der Waals surface area contributed by atoms with E-state index in [0.29, 0.717) is 0 Å². The molecule has 0 aliphatic heterocycles. The number of hydrogen-bond donors (Lipinski definition) is 0. The summed E-state index contributed by atoms with van der Waals surface area (Å²) in [5.74, 6) is 1.54. The van der Waals surface area contributed by atoms with E-state index in [2.05, 4.69) is 5.92 Å². The maximum Gasteiger partial charge on any atom is 0.276 e. The average Bonchev–Trinajstić information content (AvgIpc) is 2.08. The molecule has 0 heterocycles. The molecule has 66 valence electrons. The first-order valence-electron chi connectivity index (χ1n) is 3.52. The van der Waals surface area contributed by atoms with Crippen LogP contribution in [0.25, 0.3) is 0 Å². The van der Waals surface area contributed by atoms with Crippen molar-refractivity contribution in [2.75, 3.05) is 0 Å². The minimum atomic E-state index is -0.643. The Labute approximate surface area is 74.3 Å². The Morgan fingerprint density at radius 2 is 2.31 bits per heavy atom. The molecule has 0 bridgehead atoms. The van der Waals surface area contributed by atoms with Gasteiger partial charge in [0, 0.05) is 12.5 Å². The quantitative estimate of drug-likeness (QED) is 0.395. The Balaban J connectivity index is 3.27. The Bertz CT molecular complexity index is 382. The van der Waals surface area contributed by atoms with Crippen LogP contribution < -0.4 is 0 Å². The van der Waals surface area contributed by atoms with Crippen LogP contribution in [0.4, 0.5) is 10.1 Å². The maximum absolute atomic E-state index is 13.0. The summed E-state index contributed by atoms with van der Waals surface area (Å²) in [4.78, 5) is 9.78. The van der Waals surface area contributed by atoms with Crippen molar-refractivity contribution in [2.45, 2.75) is 6.42 Å². The predicted octanol–water partition coefficient (Wildman–Crippen LogP) is 1.91. The summed E-state index contributed by atoms with van der Waals surface area (Å²) in [6.45, 7) is 0. The van der Waals surface area contributed by atoms with E-state index in [4.69, 9.17) is 6.42 Å². The number of nitro groups is 1. The minimum Gasteiger partial charge on any atom is -0.258 e. The number of hydrogen-bond acceptors (Lipinski definition) is 2. The van der Waals surface area contributed by atoms with E-state index in [9.17, 15) is 14.5 Å². The summed E-state index contributed by atoms with van der Waals surface area (Å²) >= 11 is 0. The highest BCUT2D eigenvalue weighted by Crippen LogP contribution is 2.21. The van der Waals surface area contributed by atoms with E-state index >= 15 is 0 Å². The molecule has 0 fully saturated rings. The van der Waals surface area contributed by atoms with Crippen molar-refractivity contribution < 1.29 is 9.31 Å². The Kier molecular flexibility index (Phi) is 2.60. The molecule has 1 rings (SSSR count). The van der Waals surface area contributed by atoms with Gasteiger partial charge in [-0.25, -0.2) is 4.39 Å². The van der Waals surface area contributed by atoms with Crippen molar-refractivity contribution in [3.8, 4) is 12.3 Å². The lowest BCUT2D eigenvalue weighted by atomic mass is 10.1. The standard InChI is InChI=1S/C9H6FNO2/c1-2-4-7-8(10)5-3-6-9(7)11(12)13/h1,3,5-6H,4H2. The normalized spacial score (nSPS) is 9.23. The van der Waals surface area contributed by atoms with Gasteiger partial charge in [-0.15, -0.1) is 12.3 Å². The van der Waals surface area contributed by atoms with Gasteiger partial charge in [-0.3, -0.25) is 10.1 Å². The van der Waals surface area contributed by atoms with Crippen LogP contribution in [0.1, 0.15) is 5.56 Å². The third-order valence-corrected chi connectivity index (χ3v) is 1.57. The second-order valence-electron chi connectivity index (χ2n) is 2.38. The van der Waals surface area contributed by atoms with Crippen LogP contribution in [-0.2, 0) is 6.42 Å². The zero-order valence-electron chi connectivity index (χ0n) is 6.66. The van der Waals surface area contributed by atoms with Crippen molar-refractivity contribution in [2.24, 2.45) is 0 Å². The fourth-order valence-electron chi connectivity index (χ4n) is 0.995. The number of rotatable bonds is 2. The molecule has 4 heteroatoms. The zero-order chi connectivity index (χ0) is 9.84. The largest absolute Gasteiger partial charge is 0.276 e. The van der Waals surface area contributed by atoms with Gasteiger partial charge >= 0.3 is 0 Å². The van der Waals surface area contributed by atoms with Gasteiger partial charge in [-0.1, -0.05) is 6.07 Å². The van der Waals surface area contributed by atoms with Crippen molar-refractivity contribution in [3.05, 3.63) is 39.7 Å². The fourth-order valence-corrected chi connectivity index (χ4v) is 0.995. The lowest BCUT2D eigenvalue weighted by Gasteiger charge is -1.99. The Morgan fingerprint density at radius 1 is 1.62 bits per heavy atom. The molecule has 0 amide bonds. The molecule has 0 N–H and O–H groups in total. The highest BCUT2D eigenvalue weighted by atomic mass is 19.1. The first-order chi connectivity index (χ1) is 6.16. The van der Waals surface area contributed by atoms with E-state index in [-0.39, 0.29) is 17.7 Å². The lowest BCUT2D eigenvalue weighted by molar-refractivity contribution is -0.385. The van der Waals surface area contributed by atoms with Crippen molar-refractivity contribution >= 4 is 5.69 Å². The highest BCUT2D eigenvalue weighted by Gasteiger charge is 2.15. The van der Waals surface area contributed by atoms with Crippen LogP contribution in [0.5, 0.6) is 0 Å². The number of terminal acetylenes is 1. The molecule has 0 aromatic heterocycles. The van der Waals surface area contributed by atoms with Gasteiger partial charge in [0.1, 0.15) is 5.82 Å². The van der Waals surface area contributed by atoms with Crippen LogP contribution in [0.3, 0.4) is 0 Å². The van der Waals surface area contributed by atoms with Gasteiger partial charge in [0.25, 0.3) is 5.69 Å². The van der Waals surface area contributed by atoms with E-state index in [1.807, 2.05) is 0 Å². The van der Waals surface area contributed by atoms with Gasteiger partial charge in [0.15, 0.2) is 0 Å². The van der Waals surface area contributed by atoms with Crippen LogP contribution in [-0.4, -0.2) is 4.92 Å². The molecular weight excluding hydrogens is 173 g/mol. The van der Waals surface area contributed by atoms with Crippen molar-refractivity contribution in [1.29, 1.82) is 0 Å². The summed E-state index contributed by atoms with van der Waals surface area (Å²) in [6, 6.07) is 3.67. The SMILES string of the molecule is C#CCc1c(F)cccc1[N+](=O)[O-]. The predicted molar refractivity (Wildman–Crippen MR) is 45.6 cm³/mol. The molecule has 0 aliphatic rings. The Morgan fingerprint density at radius 3 is 2.85 bits per heavy atom. The van der Waals surface area contributed by atoms with Crippen LogP contribution in [0.15, 0.2) is 18.2 Å². The third kappa shape index (κ3) is 1.82. The first-order valence-corrected chi connectivity index (χ1v) is 3.52. The van der Waals surface area contributed by atoms with E-state index in [1.54, 1.807) is 0 Å². The summed E-state index contributed by atoms with van der Waals surface area (Å²) in [5, 5.41) is 10.4. The number of halogens is 1. The Hall–Kier alpha value is -1.89. The minimum absolute atomic E-state index is 0.0324. The molecule has 0 spiro atoms. The molecule has 0 atom stereocenters. The first kappa shape index (κ1) is 9.20. The molecule has 0 saturated carbocycles. The number of nitro benzene ring substituents is 1. The molecule has 1 aromatic carbocycles. The van der Waals surface area contributed by atoms with Crippen molar-refractivity contribution in [3.63, 3.8) is 0 Å². The van der Waals surface area contributed by atoms with Gasteiger partial charge in [-0.2, -0.15) is 0 Å². The lowest BCUT2D eigenvalue weighted by Crippen LogP contribution is -1.97. The summed E-state index contributed by atoms with van der Waals surface area (Å²) < 4.78 is 13.0. The molecule has 1 aromatic rings. The van der Waals surface area contributed by atoms with Crippen LogP contribution in [0.2, 0.25) is 0 Å². The molecule has 0 unspecified atom stereocenters. The highest BCUT2D eigenvalue weighted by molar-refractivity contribution is 5.42. The maximum atomic E-state index is 13.0. The van der Waals surface area contributed by atoms with E-state index in [1.165, 1.54) is 12.1 Å². The van der Waals surface area contributed by atoms with Crippen LogP contribution >= 0.6 is 0 Å².